The van der Waals surface area contributed by atoms with Gasteiger partial charge in [0.05, 0.1) is 19.8 Å². The van der Waals surface area contributed by atoms with Gasteiger partial charge in [-0.05, 0) is 31.9 Å². The lowest BCUT2D eigenvalue weighted by atomic mass is 10.1. The van der Waals surface area contributed by atoms with Crippen molar-refractivity contribution >= 4 is 23.5 Å². The minimum Gasteiger partial charge on any atom is -0.421 e. The second kappa shape index (κ2) is 9.34. The summed E-state index contributed by atoms with van der Waals surface area (Å²) in [4.78, 5) is 15.4. The van der Waals surface area contributed by atoms with Crippen molar-refractivity contribution in [1.82, 2.24) is 9.97 Å². The van der Waals surface area contributed by atoms with Crippen LogP contribution in [0.3, 0.4) is 0 Å². The molecule has 9 heteroatoms. The summed E-state index contributed by atoms with van der Waals surface area (Å²) in [5.74, 6) is 0.319. The third-order valence-corrected chi connectivity index (χ3v) is 5.79. The van der Waals surface area contributed by atoms with Crippen LogP contribution in [0.4, 0.5) is 20.4 Å². The minimum atomic E-state index is -0.623. The van der Waals surface area contributed by atoms with Crippen molar-refractivity contribution in [3.05, 3.63) is 64.3 Å². The molecule has 0 atom stereocenters. The van der Waals surface area contributed by atoms with E-state index in [0.29, 0.717) is 62.3 Å². The summed E-state index contributed by atoms with van der Waals surface area (Å²) < 4.78 is 40.9. The van der Waals surface area contributed by atoms with Gasteiger partial charge in [-0.25, -0.2) is 8.78 Å². The maximum Gasteiger partial charge on any atom is 0.326 e. The third kappa shape index (κ3) is 4.56. The van der Waals surface area contributed by atoms with Gasteiger partial charge in [0.2, 0.25) is 0 Å². The average molecular weight is 466 g/mol. The molecule has 0 spiro atoms. The normalized spacial score (nSPS) is 17.5. The van der Waals surface area contributed by atoms with Crippen LogP contribution in [0.1, 0.15) is 25.0 Å². The summed E-state index contributed by atoms with van der Waals surface area (Å²) in [5.41, 5.74) is 2.53. The second-order valence-electron chi connectivity index (χ2n) is 8.37. The molecule has 0 bridgehead atoms. The van der Waals surface area contributed by atoms with E-state index in [0.717, 1.165) is 17.2 Å². The topological polar surface area (TPSA) is 71.9 Å². The first-order chi connectivity index (χ1) is 16.5. The molecule has 1 aliphatic carbocycles. The first-order valence-electron chi connectivity index (χ1n) is 11.2. The lowest BCUT2D eigenvalue weighted by molar-refractivity contribution is 0.122. The van der Waals surface area contributed by atoms with E-state index in [1.807, 2.05) is 37.0 Å². The first kappa shape index (κ1) is 22.2. The predicted octanol–water partition coefficient (Wildman–Crippen LogP) is 4.67. The molecular weight excluding hydrogens is 440 g/mol. The smallest absolute Gasteiger partial charge is 0.326 e. The number of morpholine rings is 1. The largest absolute Gasteiger partial charge is 0.421 e. The number of hydrogen-bond acceptors (Lipinski definition) is 7. The van der Waals surface area contributed by atoms with Crippen molar-refractivity contribution in [3.8, 4) is 11.8 Å². The van der Waals surface area contributed by atoms with Gasteiger partial charge in [-0.1, -0.05) is 23.8 Å². The van der Waals surface area contributed by atoms with Gasteiger partial charge in [-0.15, -0.1) is 0 Å². The monoisotopic (exact) mass is 465 g/mol. The van der Waals surface area contributed by atoms with E-state index in [-0.39, 0.29) is 17.3 Å². The van der Waals surface area contributed by atoms with E-state index < -0.39 is 11.6 Å². The van der Waals surface area contributed by atoms with Crippen LogP contribution in [0.5, 0.6) is 11.8 Å². The number of hydrogen-bond donors (Lipinski definition) is 1. The molecule has 34 heavy (non-hydrogen) atoms. The number of aliphatic imine (C=N–C) groups is 1. The number of aromatic nitrogens is 2. The maximum atomic E-state index is 15.1. The van der Waals surface area contributed by atoms with E-state index in [1.54, 1.807) is 12.1 Å². The highest BCUT2D eigenvalue weighted by atomic mass is 19.1. The number of benzene rings is 1. The van der Waals surface area contributed by atoms with Crippen LogP contribution >= 0.6 is 0 Å². The fourth-order valence-electron chi connectivity index (χ4n) is 4.18. The molecule has 3 heterocycles. The highest BCUT2D eigenvalue weighted by molar-refractivity contribution is 6.05. The Morgan fingerprint density at radius 1 is 1.15 bits per heavy atom. The number of rotatable bonds is 5. The van der Waals surface area contributed by atoms with Crippen LogP contribution in [-0.2, 0) is 11.2 Å². The molecule has 0 amide bonds. The molecule has 0 saturated carbocycles. The second-order valence-corrected chi connectivity index (χ2v) is 8.37. The van der Waals surface area contributed by atoms with Crippen LogP contribution in [0.15, 0.2) is 46.5 Å². The van der Waals surface area contributed by atoms with Gasteiger partial charge in [0.1, 0.15) is 23.3 Å². The van der Waals surface area contributed by atoms with E-state index in [9.17, 15) is 4.39 Å². The number of nitrogens with zero attached hydrogens (tertiary/aromatic N) is 4. The molecule has 1 aromatic heterocycles. The highest BCUT2D eigenvalue weighted by Crippen LogP contribution is 2.36. The molecule has 2 aromatic rings. The number of ether oxygens (including phenoxy) is 2. The summed E-state index contributed by atoms with van der Waals surface area (Å²) in [6, 6.07) is 2.76. The number of halogens is 2. The zero-order valence-corrected chi connectivity index (χ0v) is 19.1. The van der Waals surface area contributed by atoms with Crippen LogP contribution in [-0.4, -0.2) is 48.7 Å². The van der Waals surface area contributed by atoms with Crippen LogP contribution < -0.4 is 15.0 Å². The van der Waals surface area contributed by atoms with E-state index >= 15 is 4.39 Å². The number of nitrogens with one attached hydrogen (secondary N) is 1. The molecule has 5 rings (SSSR count). The molecule has 1 N–H and O–H groups in total. The lowest BCUT2D eigenvalue weighted by Gasteiger charge is -2.28. The van der Waals surface area contributed by atoms with Crippen molar-refractivity contribution in [2.75, 3.05) is 43.1 Å². The Morgan fingerprint density at radius 3 is 2.76 bits per heavy atom. The first-order valence-corrected chi connectivity index (χ1v) is 11.2. The molecule has 2 aliphatic heterocycles. The molecule has 176 valence electrons. The van der Waals surface area contributed by atoms with Crippen LogP contribution in [0.25, 0.3) is 6.08 Å². The predicted molar refractivity (Wildman–Crippen MR) is 128 cm³/mol. The number of amidine groups is 1. The van der Waals surface area contributed by atoms with Crippen molar-refractivity contribution in [3.63, 3.8) is 0 Å². The van der Waals surface area contributed by atoms with Crippen LogP contribution in [0, 0.1) is 11.6 Å². The molecule has 1 saturated heterocycles. The van der Waals surface area contributed by atoms with Gasteiger partial charge in [0, 0.05) is 36.3 Å². The van der Waals surface area contributed by atoms with Gasteiger partial charge >= 0.3 is 6.01 Å². The Bertz CT molecular complexity index is 1250. The minimum absolute atomic E-state index is 0.0836. The molecule has 1 fully saturated rings. The van der Waals surface area contributed by atoms with Gasteiger partial charge in [0.15, 0.2) is 11.6 Å². The maximum absolute atomic E-state index is 15.1. The fraction of sp³-hybridized carbons (Fsp3) is 0.320. The highest BCUT2D eigenvalue weighted by Gasteiger charge is 2.24. The van der Waals surface area contributed by atoms with E-state index in [2.05, 4.69) is 20.3 Å². The number of fused-ring (bicyclic) bond motifs is 1. The van der Waals surface area contributed by atoms with Crippen LogP contribution in [0.2, 0.25) is 0 Å². The Balaban J connectivity index is 1.48. The Hall–Kier alpha value is -3.59. The molecule has 3 aliphatic rings. The van der Waals surface area contributed by atoms with Crippen molar-refractivity contribution in [1.29, 1.82) is 0 Å². The summed E-state index contributed by atoms with van der Waals surface area (Å²) in [5, 5.41) is 3.18. The van der Waals surface area contributed by atoms with E-state index in [1.165, 1.54) is 0 Å². The van der Waals surface area contributed by atoms with Crippen molar-refractivity contribution in [2.45, 2.75) is 20.3 Å². The number of anilines is 2. The van der Waals surface area contributed by atoms with Gasteiger partial charge in [-0.2, -0.15) is 9.97 Å². The quantitative estimate of drug-likeness (QED) is 0.692. The number of allylic oxidation sites excluding steroid dienone is 2. The van der Waals surface area contributed by atoms with Gasteiger partial charge in [-0.3, -0.25) is 4.99 Å². The third-order valence-electron chi connectivity index (χ3n) is 5.79. The summed E-state index contributed by atoms with van der Waals surface area (Å²) >= 11 is 0. The Morgan fingerprint density at radius 2 is 1.97 bits per heavy atom. The summed E-state index contributed by atoms with van der Waals surface area (Å²) in [7, 11) is 0. The van der Waals surface area contributed by atoms with Gasteiger partial charge in [0.25, 0.3) is 0 Å². The average Bonchev–Trinajstić information content (AvgIpc) is 3.44. The molecule has 1 aromatic carbocycles. The molecule has 7 nitrogen and oxygen atoms in total. The Kier molecular flexibility index (Phi) is 6.10. The standard InChI is InChI=1S/C25H25F2N5O2/c1-3-4-16-11-21(28-14-16)29-22-13-23(32-5-7-33-8-6-32)31-25(30-22)34-20-12-19(26)17-9-15(2)10-18(17)24(20)27/h3-4,10-13H,5-9,14H2,1-2H3,(H,28,29,30,31)/b4-3-. The van der Waals surface area contributed by atoms with E-state index in [4.69, 9.17) is 9.47 Å². The Labute approximate surface area is 196 Å². The zero-order chi connectivity index (χ0) is 23.7. The lowest BCUT2D eigenvalue weighted by Crippen LogP contribution is -2.36. The molecular formula is C25H25F2N5O2. The van der Waals surface area contributed by atoms with Crippen molar-refractivity contribution < 1.29 is 18.3 Å². The molecule has 0 radical (unpaired) electrons. The SMILES string of the molecule is C/C=C\C1=CC(Nc2cc(N3CCOCC3)nc(Oc3cc(F)c4c(c3F)C=C(C)C4)n2)=NC1. The van der Waals surface area contributed by atoms with Crippen molar-refractivity contribution in [2.24, 2.45) is 4.99 Å². The van der Waals surface area contributed by atoms with Gasteiger partial charge < -0.3 is 19.7 Å². The zero-order valence-electron chi connectivity index (χ0n) is 19.1. The summed E-state index contributed by atoms with van der Waals surface area (Å²) in [6.07, 6.45) is 7.92. The summed E-state index contributed by atoms with van der Waals surface area (Å²) in [6.45, 7) is 6.80. The molecule has 0 unspecified atom stereocenters. The fourth-order valence-corrected chi connectivity index (χ4v) is 4.18.